The van der Waals surface area contributed by atoms with E-state index < -0.39 is 12.0 Å². The normalized spacial score (nSPS) is 15.2. The summed E-state index contributed by atoms with van der Waals surface area (Å²) < 4.78 is 13.3. The van der Waals surface area contributed by atoms with Crippen LogP contribution in [0.15, 0.2) is 80.1 Å². The molecule has 0 unspecified atom stereocenters. The number of anilines is 1. The Balaban J connectivity index is 1.63. The Kier molecular flexibility index (Phi) is 7.53. The van der Waals surface area contributed by atoms with Gasteiger partial charge in [0.1, 0.15) is 11.5 Å². The number of esters is 1. The van der Waals surface area contributed by atoms with Gasteiger partial charge in [-0.1, -0.05) is 46.7 Å². The molecule has 200 valence electrons. The van der Waals surface area contributed by atoms with Crippen molar-refractivity contribution in [2.45, 2.75) is 19.9 Å². The fourth-order valence-electron chi connectivity index (χ4n) is 4.46. The van der Waals surface area contributed by atoms with Crippen molar-refractivity contribution in [3.05, 3.63) is 107 Å². The molecule has 2 aromatic carbocycles. The lowest BCUT2D eigenvalue weighted by Gasteiger charge is -2.25. The van der Waals surface area contributed by atoms with Gasteiger partial charge in [0.15, 0.2) is 4.80 Å². The van der Waals surface area contributed by atoms with Gasteiger partial charge < -0.3 is 14.1 Å². The first-order valence-electron chi connectivity index (χ1n) is 12.2. The highest BCUT2D eigenvalue weighted by Gasteiger charge is 2.33. The summed E-state index contributed by atoms with van der Waals surface area (Å²) in [6.07, 6.45) is 1.67. The summed E-state index contributed by atoms with van der Waals surface area (Å²) in [5, 5.41) is 0.991. The molecular weight excluding hydrogens is 557 g/mol. The van der Waals surface area contributed by atoms with Gasteiger partial charge in [0.25, 0.3) is 5.56 Å². The fourth-order valence-corrected chi connectivity index (χ4v) is 5.98. The Morgan fingerprint density at radius 3 is 2.56 bits per heavy atom. The average Bonchev–Trinajstić information content (AvgIpc) is 3.47. The van der Waals surface area contributed by atoms with E-state index >= 15 is 0 Å². The number of allylic oxidation sites excluding steroid dienone is 1. The molecule has 0 amide bonds. The van der Waals surface area contributed by atoms with E-state index in [4.69, 9.17) is 32.4 Å². The maximum atomic E-state index is 13.8. The Hall–Kier alpha value is -3.59. The van der Waals surface area contributed by atoms with Crippen LogP contribution in [-0.4, -0.2) is 31.2 Å². The van der Waals surface area contributed by atoms with Crippen molar-refractivity contribution in [1.29, 1.82) is 0 Å². The minimum absolute atomic E-state index is 0.213. The summed E-state index contributed by atoms with van der Waals surface area (Å²) >= 11 is 13.6. The van der Waals surface area contributed by atoms with Crippen LogP contribution in [0.5, 0.6) is 0 Å². The minimum Gasteiger partial charge on any atom is -0.463 e. The van der Waals surface area contributed by atoms with Crippen LogP contribution in [0.2, 0.25) is 10.0 Å². The van der Waals surface area contributed by atoms with Crippen LogP contribution in [0.3, 0.4) is 0 Å². The molecule has 10 heteroatoms. The minimum atomic E-state index is -0.682. The molecule has 0 saturated carbocycles. The number of ether oxygens (including phenoxy) is 1. The van der Waals surface area contributed by atoms with Gasteiger partial charge in [0, 0.05) is 36.4 Å². The van der Waals surface area contributed by atoms with Crippen LogP contribution in [0.25, 0.3) is 17.4 Å². The number of nitrogens with zero attached hydrogens (tertiary/aromatic N) is 3. The van der Waals surface area contributed by atoms with Gasteiger partial charge in [-0.25, -0.2) is 9.79 Å². The second-order valence-corrected chi connectivity index (χ2v) is 11.0. The van der Waals surface area contributed by atoms with Crippen molar-refractivity contribution in [3.8, 4) is 11.3 Å². The number of aromatic nitrogens is 1. The van der Waals surface area contributed by atoms with Gasteiger partial charge in [-0.3, -0.25) is 9.36 Å². The molecule has 39 heavy (non-hydrogen) atoms. The fraction of sp³-hybridized carbons (Fsp3) is 0.207. The third-order valence-electron chi connectivity index (χ3n) is 6.34. The van der Waals surface area contributed by atoms with E-state index in [1.54, 1.807) is 54.8 Å². The zero-order valence-electron chi connectivity index (χ0n) is 21.7. The quantitative estimate of drug-likeness (QED) is 0.284. The molecule has 0 fully saturated rings. The predicted molar refractivity (Wildman–Crippen MR) is 155 cm³/mol. The molecule has 7 nitrogen and oxygen atoms in total. The van der Waals surface area contributed by atoms with Crippen molar-refractivity contribution in [2.24, 2.45) is 4.99 Å². The Labute approximate surface area is 238 Å². The van der Waals surface area contributed by atoms with Crippen LogP contribution >= 0.6 is 34.5 Å². The summed E-state index contributed by atoms with van der Waals surface area (Å²) in [4.78, 5) is 34.0. The lowest BCUT2D eigenvalue weighted by Crippen LogP contribution is -2.39. The number of benzene rings is 2. The third-order valence-corrected chi connectivity index (χ3v) is 7.87. The van der Waals surface area contributed by atoms with E-state index in [0.29, 0.717) is 47.7 Å². The van der Waals surface area contributed by atoms with Crippen LogP contribution in [0, 0.1) is 0 Å². The van der Waals surface area contributed by atoms with Gasteiger partial charge in [-0.2, -0.15) is 0 Å². The predicted octanol–water partition coefficient (Wildman–Crippen LogP) is 5.43. The highest BCUT2D eigenvalue weighted by atomic mass is 35.5. The molecule has 1 aliphatic heterocycles. The summed E-state index contributed by atoms with van der Waals surface area (Å²) in [7, 11) is 3.90. The van der Waals surface area contributed by atoms with Gasteiger partial charge in [0.05, 0.1) is 33.5 Å². The molecular formula is C29H25Cl2N3O4S. The monoisotopic (exact) mass is 581 g/mol. The van der Waals surface area contributed by atoms with Gasteiger partial charge >= 0.3 is 5.97 Å². The molecule has 0 spiro atoms. The number of thiazole rings is 1. The Bertz CT molecular complexity index is 1780. The number of hydrogen-bond donors (Lipinski definition) is 0. The number of carbonyl (C=O) groups is 1. The standard InChI is InChI=1S/C29H25Cl2N3O4S/c1-5-37-28(36)25-16(2)32-29-34(26(25)17-6-9-19(10-7-17)33(3)4)27(35)24(39-29)15-20-11-13-23(38-20)21-12-8-18(30)14-22(21)31/h6-15,26H,5H2,1-4H3/b24-15+/t26-/m0/s1. The number of hydrogen-bond acceptors (Lipinski definition) is 7. The number of halogens is 2. The first-order chi connectivity index (χ1) is 18.7. The molecule has 1 atom stereocenters. The molecule has 3 heterocycles. The summed E-state index contributed by atoms with van der Waals surface area (Å²) in [6, 6.07) is 15.8. The average molecular weight is 583 g/mol. The van der Waals surface area contributed by atoms with E-state index in [9.17, 15) is 9.59 Å². The number of carbonyl (C=O) groups excluding carboxylic acids is 1. The molecule has 0 bridgehead atoms. The second kappa shape index (κ2) is 10.9. The second-order valence-electron chi connectivity index (χ2n) is 9.11. The van der Waals surface area contributed by atoms with Crippen molar-refractivity contribution < 1.29 is 13.9 Å². The summed E-state index contributed by atoms with van der Waals surface area (Å²) in [5.41, 5.74) is 3.05. The molecule has 5 rings (SSSR count). The molecule has 0 saturated heterocycles. The topological polar surface area (TPSA) is 77.0 Å². The molecule has 0 radical (unpaired) electrons. The van der Waals surface area contributed by atoms with E-state index in [-0.39, 0.29) is 12.2 Å². The smallest absolute Gasteiger partial charge is 0.338 e. The van der Waals surface area contributed by atoms with E-state index in [1.807, 2.05) is 43.3 Å². The van der Waals surface area contributed by atoms with Gasteiger partial charge in [-0.15, -0.1) is 0 Å². The van der Waals surface area contributed by atoms with Crippen molar-refractivity contribution in [2.75, 3.05) is 25.6 Å². The maximum Gasteiger partial charge on any atom is 0.338 e. The Morgan fingerprint density at radius 1 is 1.15 bits per heavy atom. The van der Waals surface area contributed by atoms with Crippen molar-refractivity contribution in [3.63, 3.8) is 0 Å². The van der Waals surface area contributed by atoms with Crippen LogP contribution in [0.1, 0.15) is 31.2 Å². The maximum absolute atomic E-state index is 13.8. The van der Waals surface area contributed by atoms with E-state index in [2.05, 4.69) is 4.99 Å². The SMILES string of the molecule is CCOC(=O)C1=C(C)N=c2s/c(=C/c3ccc(-c4ccc(Cl)cc4Cl)o3)c(=O)n2[C@H]1c1ccc(N(C)C)cc1. The molecule has 0 N–H and O–H groups in total. The Morgan fingerprint density at radius 2 is 1.90 bits per heavy atom. The van der Waals surface area contributed by atoms with Gasteiger partial charge in [0.2, 0.25) is 0 Å². The van der Waals surface area contributed by atoms with E-state index in [0.717, 1.165) is 11.3 Å². The zero-order valence-corrected chi connectivity index (χ0v) is 24.0. The zero-order chi connectivity index (χ0) is 27.8. The number of fused-ring (bicyclic) bond motifs is 1. The largest absolute Gasteiger partial charge is 0.463 e. The molecule has 0 aliphatic carbocycles. The van der Waals surface area contributed by atoms with Gasteiger partial charge in [-0.05, 0) is 61.9 Å². The molecule has 1 aliphatic rings. The third kappa shape index (κ3) is 5.20. The highest BCUT2D eigenvalue weighted by Crippen LogP contribution is 2.33. The summed E-state index contributed by atoms with van der Waals surface area (Å²) in [5.74, 6) is 0.537. The van der Waals surface area contributed by atoms with Crippen LogP contribution in [-0.2, 0) is 9.53 Å². The lowest BCUT2D eigenvalue weighted by molar-refractivity contribution is -0.139. The molecule has 4 aromatic rings. The highest BCUT2D eigenvalue weighted by molar-refractivity contribution is 7.07. The molecule has 2 aromatic heterocycles. The number of rotatable bonds is 6. The van der Waals surface area contributed by atoms with Crippen LogP contribution in [0.4, 0.5) is 5.69 Å². The lowest BCUT2D eigenvalue weighted by atomic mass is 9.95. The first kappa shape index (κ1) is 27.0. The van der Waals surface area contributed by atoms with Crippen molar-refractivity contribution >= 4 is 52.3 Å². The van der Waals surface area contributed by atoms with E-state index in [1.165, 1.54) is 11.3 Å². The van der Waals surface area contributed by atoms with Crippen LogP contribution < -0.4 is 19.8 Å². The number of furan rings is 1. The van der Waals surface area contributed by atoms with Crippen molar-refractivity contribution in [1.82, 2.24) is 4.57 Å². The first-order valence-corrected chi connectivity index (χ1v) is 13.8. The summed E-state index contributed by atoms with van der Waals surface area (Å²) in [6.45, 7) is 3.72.